The molecule has 108 valence electrons. The highest BCUT2D eigenvalue weighted by Gasteiger charge is 2.21. The third kappa shape index (κ3) is 3.85. The summed E-state index contributed by atoms with van der Waals surface area (Å²) in [5.74, 6) is -1.19. The van der Waals surface area contributed by atoms with Crippen LogP contribution in [0, 0.1) is 0 Å². The van der Waals surface area contributed by atoms with Crippen LogP contribution in [-0.4, -0.2) is 28.5 Å². The summed E-state index contributed by atoms with van der Waals surface area (Å²) in [4.78, 5) is 31.7. The van der Waals surface area contributed by atoms with E-state index in [1.54, 1.807) is 31.2 Å². The molecule has 0 spiro atoms. The van der Waals surface area contributed by atoms with E-state index in [4.69, 9.17) is 4.74 Å². The van der Waals surface area contributed by atoms with Crippen molar-refractivity contribution in [2.45, 2.75) is 6.92 Å². The number of aromatic nitrogens is 2. The summed E-state index contributed by atoms with van der Waals surface area (Å²) in [7, 11) is 0. The van der Waals surface area contributed by atoms with Gasteiger partial charge in [0.2, 0.25) is 0 Å². The van der Waals surface area contributed by atoms with Gasteiger partial charge in [0, 0.05) is 22.6 Å². The molecule has 1 aromatic carbocycles. The van der Waals surface area contributed by atoms with Crippen LogP contribution < -0.4 is 5.32 Å². The molecule has 2 rings (SSSR count). The Morgan fingerprint density at radius 2 is 1.76 bits per heavy atom. The molecule has 0 saturated carbocycles. The van der Waals surface area contributed by atoms with E-state index in [1.807, 2.05) is 0 Å². The summed E-state index contributed by atoms with van der Waals surface area (Å²) in [6.07, 6.45) is 2.68. The maximum Gasteiger partial charge on any atom is 0.359 e. The van der Waals surface area contributed by atoms with Crippen molar-refractivity contribution in [3.8, 4) is 0 Å². The molecule has 21 heavy (non-hydrogen) atoms. The molecule has 1 N–H and O–H groups in total. The monoisotopic (exact) mass is 349 g/mol. The van der Waals surface area contributed by atoms with Crippen LogP contribution in [0.2, 0.25) is 0 Å². The van der Waals surface area contributed by atoms with E-state index in [-0.39, 0.29) is 18.0 Å². The highest BCUT2D eigenvalue weighted by atomic mass is 79.9. The molecule has 0 aliphatic rings. The lowest BCUT2D eigenvalue weighted by atomic mass is 10.2. The second-order valence-corrected chi connectivity index (χ2v) is 4.85. The number of esters is 1. The molecule has 1 aromatic heterocycles. The van der Waals surface area contributed by atoms with Crippen molar-refractivity contribution in [2.75, 3.05) is 11.9 Å². The molecule has 0 saturated heterocycles. The lowest BCUT2D eigenvalue weighted by molar-refractivity contribution is 0.0515. The Labute approximate surface area is 129 Å². The van der Waals surface area contributed by atoms with Crippen LogP contribution in [0.4, 0.5) is 5.69 Å². The molecule has 0 unspecified atom stereocenters. The number of hydrogen-bond donors (Lipinski definition) is 1. The molecule has 1 amide bonds. The molecule has 2 aromatic rings. The summed E-state index contributed by atoms with van der Waals surface area (Å²) in [5.41, 5.74) is 0.413. The molecule has 0 aliphatic carbocycles. The van der Waals surface area contributed by atoms with Crippen molar-refractivity contribution in [1.29, 1.82) is 0 Å². The molecule has 1 heterocycles. The lowest BCUT2D eigenvalue weighted by Gasteiger charge is -2.07. The molecule has 0 bridgehead atoms. The SMILES string of the molecule is CCOC(=O)c1nccnc1C(=O)Nc1ccc(Br)cc1. The maximum absolute atomic E-state index is 12.2. The predicted molar refractivity (Wildman–Crippen MR) is 80.1 cm³/mol. The Bertz CT molecular complexity index is 659. The number of carbonyl (C=O) groups excluding carboxylic acids is 2. The molecular formula is C14H12BrN3O3. The minimum Gasteiger partial charge on any atom is -0.461 e. The van der Waals surface area contributed by atoms with Crippen LogP contribution in [-0.2, 0) is 4.74 Å². The lowest BCUT2D eigenvalue weighted by Crippen LogP contribution is -2.20. The van der Waals surface area contributed by atoms with Crippen molar-refractivity contribution in [2.24, 2.45) is 0 Å². The molecule has 0 fully saturated rings. The first-order chi connectivity index (χ1) is 10.1. The Morgan fingerprint density at radius 3 is 2.38 bits per heavy atom. The van der Waals surface area contributed by atoms with Crippen LogP contribution in [0.1, 0.15) is 27.9 Å². The van der Waals surface area contributed by atoms with Gasteiger partial charge in [-0.3, -0.25) is 4.79 Å². The normalized spacial score (nSPS) is 10.0. The molecule has 0 atom stereocenters. The van der Waals surface area contributed by atoms with E-state index in [0.717, 1.165) is 4.47 Å². The number of amides is 1. The smallest absolute Gasteiger partial charge is 0.359 e. The highest BCUT2D eigenvalue weighted by Crippen LogP contribution is 2.15. The van der Waals surface area contributed by atoms with Gasteiger partial charge in [-0.2, -0.15) is 0 Å². The topological polar surface area (TPSA) is 81.2 Å². The number of anilines is 1. The molecule has 0 radical (unpaired) electrons. The van der Waals surface area contributed by atoms with Gasteiger partial charge in [-0.05, 0) is 31.2 Å². The number of ether oxygens (including phenoxy) is 1. The number of rotatable bonds is 4. The fraction of sp³-hybridized carbons (Fsp3) is 0.143. The standard InChI is InChI=1S/C14H12BrN3O3/c1-2-21-14(20)12-11(16-7-8-17-12)13(19)18-10-5-3-9(15)4-6-10/h3-8H,2H2,1H3,(H,18,19). The summed E-state index contributed by atoms with van der Waals surface area (Å²) in [5, 5.41) is 2.65. The summed E-state index contributed by atoms with van der Waals surface area (Å²) in [6.45, 7) is 1.87. The number of hydrogen-bond acceptors (Lipinski definition) is 5. The molecular weight excluding hydrogens is 338 g/mol. The van der Waals surface area contributed by atoms with Gasteiger partial charge < -0.3 is 10.1 Å². The van der Waals surface area contributed by atoms with E-state index in [2.05, 4.69) is 31.2 Å². The van der Waals surface area contributed by atoms with Crippen LogP contribution in [0.5, 0.6) is 0 Å². The first-order valence-corrected chi connectivity index (χ1v) is 6.96. The Morgan fingerprint density at radius 1 is 1.14 bits per heavy atom. The van der Waals surface area contributed by atoms with Gasteiger partial charge in [-0.25, -0.2) is 14.8 Å². The molecule has 6 nitrogen and oxygen atoms in total. The largest absolute Gasteiger partial charge is 0.461 e. The third-order valence-corrected chi connectivity index (χ3v) is 3.01. The number of nitrogens with one attached hydrogen (secondary N) is 1. The maximum atomic E-state index is 12.2. The Kier molecular flexibility index (Phi) is 4.99. The first kappa shape index (κ1) is 15.1. The van der Waals surface area contributed by atoms with Crippen molar-refractivity contribution < 1.29 is 14.3 Å². The minimum atomic E-state index is -0.674. The van der Waals surface area contributed by atoms with E-state index in [1.165, 1.54) is 12.4 Å². The fourth-order valence-corrected chi connectivity index (χ4v) is 1.84. The van der Waals surface area contributed by atoms with Gasteiger partial charge >= 0.3 is 5.97 Å². The van der Waals surface area contributed by atoms with E-state index >= 15 is 0 Å². The Balaban J connectivity index is 2.23. The van der Waals surface area contributed by atoms with E-state index < -0.39 is 11.9 Å². The van der Waals surface area contributed by atoms with Gasteiger partial charge in [0.15, 0.2) is 11.4 Å². The van der Waals surface area contributed by atoms with Crippen molar-refractivity contribution in [3.05, 3.63) is 52.5 Å². The minimum absolute atomic E-state index is 0.0705. The number of nitrogens with zero attached hydrogens (tertiary/aromatic N) is 2. The average molecular weight is 350 g/mol. The van der Waals surface area contributed by atoms with Gasteiger partial charge in [0.25, 0.3) is 5.91 Å². The van der Waals surface area contributed by atoms with Gasteiger partial charge in [-0.15, -0.1) is 0 Å². The zero-order valence-corrected chi connectivity index (χ0v) is 12.8. The van der Waals surface area contributed by atoms with E-state index in [9.17, 15) is 9.59 Å². The van der Waals surface area contributed by atoms with Gasteiger partial charge in [0.05, 0.1) is 6.61 Å². The predicted octanol–water partition coefficient (Wildman–Crippen LogP) is 2.67. The number of benzene rings is 1. The van der Waals surface area contributed by atoms with Crippen molar-refractivity contribution in [3.63, 3.8) is 0 Å². The highest BCUT2D eigenvalue weighted by molar-refractivity contribution is 9.10. The van der Waals surface area contributed by atoms with Gasteiger partial charge in [-0.1, -0.05) is 15.9 Å². The second kappa shape index (κ2) is 6.94. The first-order valence-electron chi connectivity index (χ1n) is 6.17. The fourth-order valence-electron chi connectivity index (χ4n) is 1.58. The Hall–Kier alpha value is -2.28. The zero-order valence-electron chi connectivity index (χ0n) is 11.2. The van der Waals surface area contributed by atoms with Crippen LogP contribution in [0.15, 0.2) is 41.1 Å². The summed E-state index contributed by atoms with van der Waals surface area (Å²) in [6, 6.07) is 7.03. The number of carbonyl (C=O) groups is 2. The third-order valence-electron chi connectivity index (χ3n) is 2.48. The summed E-state index contributed by atoms with van der Waals surface area (Å²) < 4.78 is 5.75. The quantitative estimate of drug-likeness (QED) is 0.858. The molecule has 7 heteroatoms. The number of halogens is 1. The zero-order chi connectivity index (χ0) is 15.2. The van der Waals surface area contributed by atoms with Crippen molar-refractivity contribution >= 4 is 33.5 Å². The molecule has 0 aliphatic heterocycles. The van der Waals surface area contributed by atoms with Crippen LogP contribution >= 0.6 is 15.9 Å². The second-order valence-electron chi connectivity index (χ2n) is 3.94. The van der Waals surface area contributed by atoms with Crippen molar-refractivity contribution in [1.82, 2.24) is 9.97 Å². The van der Waals surface area contributed by atoms with Crippen LogP contribution in [0.25, 0.3) is 0 Å². The summed E-state index contributed by atoms with van der Waals surface area (Å²) >= 11 is 3.31. The van der Waals surface area contributed by atoms with Gasteiger partial charge in [0.1, 0.15) is 0 Å². The average Bonchev–Trinajstić information content (AvgIpc) is 2.50. The van der Waals surface area contributed by atoms with Crippen LogP contribution in [0.3, 0.4) is 0 Å². The van der Waals surface area contributed by atoms with E-state index in [0.29, 0.717) is 5.69 Å².